The number of rotatable bonds is 2. The Morgan fingerprint density at radius 2 is 2.36 bits per heavy atom. The zero-order valence-corrected chi connectivity index (χ0v) is 6.91. The summed E-state index contributed by atoms with van der Waals surface area (Å²) < 4.78 is 1.98. The van der Waals surface area contributed by atoms with Crippen molar-refractivity contribution >= 4 is 0 Å². The molecule has 11 heavy (non-hydrogen) atoms. The van der Waals surface area contributed by atoms with Crippen LogP contribution >= 0.6 is 0 Å². The summed E-state index contributed by atoms with van der Waals surface area (Å²) in [5.74, 6) is 0.592. The number of hydrogen-bond donors (Lipinski definition) is 0. The summed E-state index contributed by atoms with van der Waals surface area (Å²) in [5.41, 5.74) is 0.749. The highest BCUT2D eigenvalue weighted by Crippen LogP contribution is 2.04. The first-order chi connectivity index (χ1) is 5.24. The molecular formula is C9H12N2. The Kier molecular flexibility index (Phi) is 2.32. The molecule has 58 valence electrons. The Labute approximate surface area is 67.1 Å². The maximum absolute atomic E-state index is 8.65. The summed E-state index contributed by atoms with van der Waals surface area (Å²) >= 11 is 0. The second-order valence-electron chi connectivity index (χ2n) is 3.05. The van der Waals surface area contributed by atoms with Gasteiger partial charge in [0.1, 0.15) is 11.8 Å². The van der Waals surface area contributed by atoms with E-state index < -0.39 is 0 Å². The molecule has 0 bridgehead atoms. The normalized spacial score (nSPS) is 10.0. The van der Waals surface area contributed by atoms with Crippen molar-refractivity contribution in [2.24, 2.45) is 5.92 Å². The predicted octanol–water partition coefficient (Wildman–Crippen LogP) is 2.02. The third kappa shape index (κ3) is 1.84. The van der Waals surface area contributed by atoms with Crippen molar-refractivity contribution in [2.75, 3.05) is 0 Å². The molecule has 0 aliphatic rings. The molecule has 0 amide bonds. The van der Waals surface area contributed by atoms with Crippen LogP contribution in [0.4, 0.5) is 0 Å². The highest BCUT2D eigenvalue weighted by molar-refractivity contribution is 5.21. The van der Waals surface area contributed by atoms with Gasteiger partial charge in [-0.15, -0.1) is 0 Å². The van der Waals surface area contributed by atoms with Gasteiger partial charge in [0.15, 0.2) is 0 Å². The number of aromatic nitrogens is 1. The molecule has 0 atom stereocenters. The van der Waals surface area contributed by atoms with Gasteiger partial charge < -0.3 is 4.57 Å². The van der Waals surface area contributed by atoms with E-state index in [1.54, 1.807) is 0 Å². The lowest BCUT2D eigenvalue weighted by molar-refractivity contribution is 0.521. The van der Waals surface area contributed by atoms with Crippen LogP contribution in [0, 0.1) is 17.2 Å². The summed E-state index contributed by atoms with van der Waals surface area (Å²) in [6, 6.07) is 5.88. The van der Waals surface area contributed by atoms with Crippen molar-refractivity contribution in [3.8, 4) is 6.07 Å². The molecule has 0 unspecified atom stereocenters. The molecule has 1 rings (SSSR count). The van der Waals surface area contributed by atoms with Crippen molar-refractivity contribution in [1.82, 2.24) is 4.57 Å². The second-order valence-corrected chi connectivity index (χ2v) is 3.05. The van der Waals surface area contributed by atoms with E-state index in [1.165, 1.54) is 0 Å². The van der Waals surface area contributed by atoms with Crippen molar-refractivity contribution in [3.63, 3.8) is 0 Å². The van der Waals surface area contributed by atoms with Gasteiger partial charge >= 0.3 is 0 Å². The van der Waals surface area contributed by atoms with Gasteiger partial charge in [0.05, 0.1) is 0 Å². The Bertz CT molecular complexity index is 265. The van der Waals surface area contributed by atoms with Crippen LogP contribution in [0.1, 0.15) is 19.5 Å². The third-order valence-corrected chi connectivity index (χ3v) is 1.51. The molecule has 0 saturated carbocycles. The molecular weight excluding hydrogens is 136 g/mol. The first-order valence-corrected chi connectivity index (χ1v) is 3.79. The van der Waals surface area contributed by atoms with Gasteiger partial charge in [-0.1, -0.05) is 13.8 Å². The highest BCUT2D eigenvalue weighted by Gasteiger charge is 2.00. The van der Waals surface area contributed by atoms with Crippen molar-refractivity contribution in [1.29, 1.82) is 5.26 Å². The van der Waals surface area contributed by atoms with Crippen LogP contribution in [0.2, 0.25) is 0 Å². The maximum atomic E-state index is 8.65. The highest BCUT2D eigenvalue weighted by atomic mass is 15.0. The molecule has 1 aromatic rings. The largest absolute Gasteiger partial charge is 0.339 e. The molecule has 2 nitrogen and oxygen atoms in total. The van der Waals surface area contributed by atoms with Crippen LogP contribution in [0.15, 0.2) is 18.3 Å². The fourth-order valence-corrected chi connectivity index (χ4v) is 1.07. The predicted molar refractivity (Wildman–Crippen MR) is 44.0 cm³/mol. The third-order valence-electron chi connectivity index (χ3n) is 1.51. The average molecular weight is 148 g/mol. The van der Waals surface area contributed by atoms with Crippen molar-refractivity contribution in [2.45, 2.75) is 20.4 Å². The first kappa shape index (κ1) is 7.87. The van der Waals surface area contributed by atoms with Gasteiger partial charge in [0.2, 0.25) is 0 Å². The molecule has 0 aromatic carbocycles. The van der Waals surface area contributed by atoms with Gasteiger partial charge in [-0.2, -0.15) is 5.26 Å². The second kappa shape index (κ2) is 3.25. The van der Waals surface area contributed by atoms with E-state index in [-0.39, 0.29) is 0 Å². The smallest absolute Gasteiger partial charge is 0.120 e. The SMILES string of the molecule is CC(C)Cn1cccc1C#N. The molecule has 0 aliphatic carbocycles. The lowest BCUT2D eigenvalue weighted by Crippen LogP contribution is -2.04. The summed E-state index contributed by atoms with van der Waals surface area (Å²) in [4.78, 5) is 0. The molecule has 0 fully saturated rings. The lowest BCUT2D eigenvalue weighted by Gasteiger charge is -2.06. The first-order valence-electron chi connectivity index (χ1n) is 3.79. The van der Waals surface area contributed by atoms with E-state index in [4.69, 9.17) is 5.26 Å². The van der Waals surface area contributed by atoms with Crippen LogP contribution in [0.25, 0.3) is 0 Å². The monoisotopic (exact) mass is 148 g/mol. The minimum absolute atomic E-state index is 0.592. The van der Waals surface area contributed by atoms with Crippen LogP contribution < -0.4 is 0 Å². The van der Waals surface area contributed by atoms with E-state index in [2.05, 4.69) is 19.9 Å². The molecule has 1 aromatic heterocycles. The van der Waals surface area contributed by atoms with E-state index >= 15 is 0 Å². The van der Waals surface area contributed by atoms with Crippen LogP contribution in [-0.2, 0) is 6.54 Å². The number of hydrogen-bond acceptors (Lipinski definition) is 1. The molecule has 1 heterocycles. The molecule has 0 aliphatic heterocycles. The van der Waals surface area contributed by atoms with Gasteiger partial charge in [0, 0.05) is 12.7 Å². The van der Waals surface area contributed by atoms with Gasteiger partial charge in [-0.25, -0.2) is 0 Å². The summed E-state index contributed by atoms with van der Waals surface area (Å²) in [6.45, 7) is 5.21. The Morgan fingerprint density at radius 3 is 2.91 bits per heavy atom. The van der Waals surface area contributed by atoms with E-state index in [0.29, 0.717) is 5.92 Å². The summed E-state index contributed by atoms with van der Waals surface area (Å²) in [5, 5.41) is 8.65. The Morgan fingerprint density at radius 1 is 1.64 bits per heavy atom. The summed E-state index contributed by atoms with van der Waals surface area (Å²) in [7, 11) is 0. The standard InChI is InChI=1S/C9H12N2/c1-8(2)7-11-5-3-4-9(11)6-10/h3-5,8H,7H2,1-2H3. The quantitative estimate of drug-likeness (QED) is 0.630. The Hall–Kier alpha value is -1.23. The molecule has 2 heteroatoms. The van der Waals surface area contributed by atoms with E-state index in [1.807, 2.05) is 22.9 Å². The molecule has 0 radical (unpaired) electrons. The topological polar surface area (TPSA) is 28.7 Å². The molecule has 0 N–H and O–H groups in total. The van der Waals surface area contributed by atoms with Crippen LogP contribution in [-0.4, -0.2) is 4.57 Å². The minimum Gasteiger partial charge on any atom is -0.339 e. The summed E-state index contributed by atoms with van der Waals surface area (Å²) in [6.07, 6.45) is 1.94. The van der Waals surface area contributed by atoms with E-state index in [0.717, 1.165) is 12.2 Å². The van der Waals surface area contributed by atoms with Crippen molar-refractivity contribution < 1.29 is 0 Å². The molecule has 0 saturated heterocycles. The fraction of sp³-hybridized carbons (Fsp3) is 0.444. The van der Waals surface area contributed by atoms with Gasteiger partial charge in [-0.05, 0) is 18.1 Å². The van der Waals surface area contributed by atoms with Crippen LogP contribution in [0.5, 0.6) is 0 Å². The van der Waals surface area contributed by atoms with Gasteiger partial charge in [-0.3, -0.25) is 0 Å². The number of nitrogens with zero attached hydrogens (tertiary/aromatic N) is 2. The zero-order chi connectivity index (χ0) is 8.27. The average Bonchev–Trinajstić information content (AvgIpc) is 2.34. The zero-order valence-electron chi connectivity index (χ0n) is 6.91. The maximum Gasteiger partial charge on any atom is 0.120 e. The molecule has 0 spiro atoms. The lowest BCUT2D eigenvalue weighted by atomic mass is 10.2. The van der Waals surface area contributed by atoms with Crippen LogP contribution in [0.3, 0.4) is 0 Å². The van der Waals surface area contributed by atoms with E-state index in [9.17, 15) is 0 Å². The van der Waals surface area contributed by atoms with Gasteiger partial charge in [0.25, 0.3) is 0 Å². The van der Waals surface area contributed by atoms with Crippen molar-refractivity contribution in [3.05, 3.63) is 24.0 Å². The minimum atomic E-state index is 0.592. The number of nitriles is 1. The fourth-order valence-electron chi connectivity index (χ4n) is 1.07. The Balaban J connectivity index is 2.79.